The van der Waals surface area contributed by atoms with Crippen LogP contribution < -0.4 is 0 Å². The Kier molecular flexibility index (Phi) is 33.3. The molecule has 0 aliphatic rings. The maximum Gasteiger partial charge on any atom is 0.118 e. The summed E-state index contributed by atoms with van der Waals surface area (Å²) < 4.78 is 0. The molecule has 1 radical (unpaired) electrons. The Hall–Kier alpha value is -1.53. The third-order valence-corrected chi connectivity index (χ3v) is 7.08. The SMILES string of the molecule is CCCCCCCCCCCc1ccccc1O.CCCCCCCCCCCc1ccccc1O.O.O.[Co]. The summed E-state index contributed by atoms with van der Waals surface area (Å²) in [6, 6.07) is 15.4. The average Bonchev–Trinajstić information content (AvgIpc) is 2.89. The van der Waals surface area contributed by atoms with Gasteiger partial charge in [-0.1, -0.05) is 153 Å². The topological polar surface area (TPSA) is 103 Å². The molecule has 0 aliphatic carbocycles. The Bertz CT molecular complexity index is 690. The van der Waals surface area contributed by atoms with Crippen LogP contribution in [0.15, 0.2) is 48.5 Å². The van der Waals surface area contributed by atoms with Crippen molar-refractivity contribution < 1.29 is 37.9 Å². The maximum absolute atomic E-state index is 9.63. The van der Waals surface area contributed by atoms with Crippen LogP contribution in [0.4, 0.5) is 0 Å². The number of hydrogen-bond donors (Lipinski definition) is 2. The van der Waals surface area contributed by atoms with Crippen molar-refractivity contribution >= 4 is 0 Å². The predicted octanol–water partition coefficient (Wildman–Crippen LogP) is 9.28. The van der Waals surface area contributed by atoms with Crippen LogP contribution in [-0.2, 0) is 29.6 Å². The molecular weight excluding hydrogens is 531 g/mol. The van der Waals surface area contributed by atoms with Gasteiger partial charge in [0.15, 0.2) is 0 Å². The Morgan fingerprint density at radius 3 is 0.949 bits per heavy atom. The first-order valence-corrected chi connectivity index (χ1v) is 15.2. The number of rotatable bonds is 20. The first-order chi connectivity index (χ1) is 17.7. The molecule has 0 heterocycles. The van der Waals surface area contributed by atoms with Gasteiger partial charge in [0.05, 0.1) is 0 Å². The van der Waals surface area contributed by atoms with Crippen molar-refractivity contribution in [2.24, 2.45) is 0 Å². The first kappa shape index (κ1) is 41.9. The molecule has 2 rings (SSSR count). The fourth-order valence-electron chi connectivity index (χ4n) is 4.70. The van der Waals surface area contributed by atoms with Gasteiger partial charge in [0.2, 0.25) is 0 Å². The van der Waals surface area contributed by atoms with Crippen LogP contribution in [0.25, 0.3) is 0 Å². The number of aryl methyl sites for hydroxylation is 2. The minimum absolute atomic E-state index is 0. The van der Waals surface area contributed by atoms with Crippen molar-refractivity contribution in [2.75, 3.05) is 0 Å². The summed E-state index contributed by atoms with van der Waals surface area (Å²) in [5.74, 6) is 0.911. The molecule has 0 atom stereocenters. The standard InChI is InChI=1S/2C17H28O.Co.2H2O/c2*1-2-3-4-5-6-7-8-9-10-13-16-14-11-12-15-17(16)18;;;/h2*11-12,14-15,18H,2-10,13H2,1H3;;2*1H2. The smallest absolute Gasteiger partial charge is 0.118 e. The Morgan fingerprint density at radius 1 is 0.410 bits per heavy atom. The van der Waals surface area contributed by atoms with Gasteiger partial charge in [-0.05, 0) is 48.9 Å². The largest absolute Gasteiger partial charge is 0.508 e. The zero-order valence-electron chi connectivity index (χ0n) is 25.0. The monoisotopic (exact) mass is 591 g/mol. The van der Waals surface area contributed by atoms with E-state index in [1.807, 2.05) is 36.4 Å². The van der Waals surface area contributed by atoms with Crippen LogP contribution >= 0.6 is 0 Å². The van der Waals surface area contributed by atoms with Crippen molar-refractivity contribution in [3.8, 4) is 11.5 Å². The van der Waals surface area contributed by atoms with Crippen molar-refractivity contribution in [1.29, 1.82) is 0 Å². The van der Waals surface area contributed by atoms with E-state index in [2.05, 4.69) is 13.8 Å². The summed E-state index contributed by atoms with van der Waals surface area (Å²) in [6.45, 7) is 4.53. The molecule has 0 aromatic heterocycles. The fraction of sp³-hybridized carbons (Fsp3) is 0.647. The van der Waals surface area contributed by atoms with E-state index in [9.17, 15) is 10.2 Å². The summed E-state index contributed by atoms with van der Waals surface area (Å²) in [5.41, 5.74) is 2.20. The molecule has 0 aliphatic heterocycles. The average molecular weight is 592 g/mol. The summed E-state index contributed by atoms with van der Waals surface area (Å²) in [6.07, 6.45) is 26.4. The molecule has 0 saturated carbocycles. The van der Waals surface area contributed by atoms with E-state index in [4.69, 9.17) is 0 Å². The quantitative estimate of drug-likeness (QED) is 0.150. The molecule has 2 aromatic carbocycles. The molecule has 4 nitrogen and oxygen atoms in total. The molecule has 0 spiro atoms. The zero-order chi connectivity index (χ0) is 26.1. The van der Waals surface area contributed by atoms with Gasteiger partial charge < -0.3 is 21.2 Å². The minimum atomic E-state index is 0. The molecule has 6 N–H and O–H groups in total. The molecule has 0 bridgehead atoms. The minimum Gasteiger partial charge on any atom is -0.508 e. The van der Waals surface area contributed by atoms with Crippen LogP contribution in [0, 0.1) is 0 Å². The number of unbranched alkanes of at least 4 members (excludes halogenated alkanes) is 16. The van der Waals surface area contributed by atoms with E-state index in [0.717, 1.165) is 24.0 Å². The predicted molar refractivity (Wildman–Crippen MR) is 165 cm³/mol. The normalized spacial score (nSPS) is 9.90. The number of para-hydroxylation sites is 2. The molecule has 2 aromatic rings. The molecule has 5 heteroatoms. The molecule has 229 valence electrons. The third kappa shape index (κ3) is 24.0. The fourth-order valence-corrected chi connectivity index (χ4v) is 4.70. The van der Waals surface area contributed by atoms with Gasteiger partial charge in [0.25, 0.3) is 0 Å². The van der Waals surface area contributed by atoms with Gasteiger partial charge in [0.1, 0.15) is 11.5 Å². The zero-order valence-corrected chi connectivity index (χ0v) is 26.0. The van der Waals surface area contributed by atoms with Gasteiger partial charge in [-0.2, -0.15) is 0 Å². The molecule has 0 amide bonds. The van der Waals surface area contributed by atoms with Gasteiger partial charge >= 0.3 is 0 Å². The molecular formula is C34H60CoO4. The molecule has 39 heavy (non-hydrogen) atoms. The molecule has 0 fully saturated rings. The summed E-state index contributed by atoms with van der Waals surface area (Å²) >= 11 is 0. The van der Waals surface area contributed by atoms with Crippen LogP contribution in [0.5, 0.6) is 11.5 Å². The first-order valence-electron chi connectivity index (χ1n) is 15.2. The maximum atomic E-state index is 9.63. The van der Waals surface area contributed by atoms with Crippen molar-refractivity contribution in [1.82, 2.24) is 0 Å². The van der Waals surface area contributed by atoms with Crippen LogP contribution in [0.2, 0.25) is 0 Å². The van der Waals surface area contributed by atoms with E-state index in [1.165, 1.54) is 116 Å². The van der Waals surface area contributed by atoms with Crippen LogP contribution in [0.3, 0.4) is 0 Å². The van der Waals surface area contributed by atoms with Crippen LogP contribution in [-0.4, -0.2) is 21.2 Å². The van der Waals surface area contributed by atoms with Crippen molar-refractivity contribution in [3.05, 3.63) is 59.7 Å². The van der Waals surface area contributed by atoms with E-state index < -0.39 is 0 Å². The second-order valence-corrected chi connectivity index (χ2v) is 10.4. The Labute approximate surface area is 250 Å². The van der Waals surface area contributed by atoms with Gasteiger partial charge in [-0.25, -0.2) is 0 Å². The summed E-state index contributed by atoms with van der Waals surface area (Å²) in [4.78, 5) is 0. The van der Waals surface area contributed by atoms with E-state index >= 15 is 0 Å². The van der Waals surface area contributed by atoms with Gasteiger partial charge in [0, 0.05) is 16.8 Å². The van der Waals surface area contributed by atoms with E-state index in [1.54, 1.807) is 12.1 Å². The number of benzene rings is 2. The van der Waals surface area contributed by atoms with E-state index in [-0.39, 0.29) is 27.7 Å². The number of hydrogen-bond acceptors (Lipinski definition) is 2. The number of phenolic OH excluding ortho intramolecular Hbond substituents is 2. The Morgan fingerprint density at radius 2 is 0.667 bits per heavy atom. The number of aromatic hydroxyl groups is 2. The molecule has 0 unspecified atom stereocenters. The second kappa shape index (κ2) is 31.0. The van der Waals surface area contributed by atoms with Crippen LogP contribution in [0.1, 0.15) is 141 Å². The van der Waals surface area contributed by atoms with Crippen molar-refractivity contribution in [3.63, 3.8) is 0 Å². The second-order valence-electron chi connectivity index (χ2n) is 10.4. The summed E-state index contributed by atoms with van der Waals surface area (Å²) in [5, 5.41) is 19.3. The molecule has 0 saturated heterocycles. The summed E-state index contributed by atoms with van der Waals surface area (Å²) in [7, 11) is 0. The Balaban J connectivity index is -0.000000617. The number of phenols is 2. The van der Waals surface area contributed by atoms with Gasteiger partial charge in [-0.15, -0.1) is 0 Å². The van der Waals surface area contributed by atoms with E-state index in [0.29, 0.717) is 11.5 Å². The van der Waals surface area contributed by atoms with Gasteiger partial charge in [-0.3, -0.25) is 0 Å². The van der Waals surface area contributed by atoms with Crippen molar-refractivity contribution in [2.45, 2.75) is 142 Å². The third-order valence-electron chi connectivity index (χ3n) is 7.08.